The number of rotatable bonds is 5. The molecule has 1 aromatic heterocycles. The van der Waals surface area contributed by atoms with Gasteiger partial charge in [-0.3, -0.25) is 10.7 Å². The van der Waals surface area contributed by atoms with Crippen LogP contribution in [0.3, 0.4) is 0 Å². The average Bonchev–Trinajstić information content (AvgIpc) is 3.25. The predicted octanol–water partition coefficient (Wildman–Crippen LogP) is 2.56. The minimum Gasteiger partial charge on any atom is -0.303 e. The summed E-state index contributed by atoms with van der Waals surface area (Å²) in [4.78, 5) is 6.52. The molecule has 2 aromatic rings. The summed E-state index contributed by atoms with van der Waals surface area (Å²) in [5, 5.41) is 17.0. The topological polar surface area (TPSA) is 86.8 Å². The van der Waals surface area contributed by atoms with Gasteiger partial charge in [0.1, 0.15) is 11.5 Å². The van der Waals surface area contributed by atoms with Crippen molar-refractivity contribution < 1.29 is 14.2 Å². The molecule has 0 unspecified atom stereocenters. The second-order valence-electron chi connectivity index (χ2n) is 5.53. The number of hydrogen-bond acceptors (Lipinski definition) is 6. The number of likely N-dealkylation sites (tertiary alicyclic amines) is 1. The molecule has 9 heteroatoms. The number of halogens is 2. The van der Waals surface area contributed by atoms with Gasteiger partial charge in [0.2, 0.25) is 0 Å². The summed E-state index contributed by atoms with van der Waals surface area (Å²) in [6, 6.07) is 3.99. The fourth-order valence-corrected chi connectivity index (χ4v) is 2.81. The SMILES string of the molecule is ONC(=Nc1ccc(F)c(Cl)c1)c1nonc1CCN1CCCC1. The fraction of sp³-hybridized carbons (Fsp3) is 0.400. The van der Waals surface area contributed by atoms with Gasteiger partial charge in [-0.15, -0.1) is 0 Å². The van der Waals surface area contributed by atoms with E-state index < -0.39 is 5.82 Å². The standard InChI is InChI=1S/C15H17ClFN5O2/c16-11-9-10(3-4-12(11)17)18-15(19-23)14-13(20-24-21-14)5-8-22-6-1-2-7-22/h3-4,9,23H,1-2,5-8H2,(H,18,19). The first-order valence-electron chi connectivity index (χ1n) is 7.65. The van der Waals surface area contributed by atoms with Crippen LogP contribution in [0.1, 0.15) is 24.2 Å². The summed E-state index contributed by atoms with van der Waals surface area (Å²) in [6.45, 7) is 2.99. The highest BCUT2D eigenvalue weighted by molar-refractivity contribution is 6.31. The first-order valence-corrected chi connectivity index (χ1v) is 8.03. The number of hydroxylamine groups is 1. The van der Waals surface area contributed by atoms with Gasteiger partial charge in [0.15, 0.2) is 11.5 Å². The molecule has 2 N–H and O–H groups in total. The lowest BCUT2D eigenvalue weighted by molar-refractivity contribution is 0.234. The van der Waals surface area contributed by atoms with E-state index in [1.165, 1.54) is 31.0 Å². The second kappa shape index (κ2) is 7.69. The zero-order valence-corrected chi connectivity index (χ0v) is 13.6. The van der Waals surface area contributed by atoms with Crippen LogP contribution in [0, 0.1) is 5.82 Å². The van der Waals surface area contributed by atoms with Crippen molar-refractivity contribution >= 4 is 23.1 Å². The van der Waals surface area contributed by atoms with Crippen LogP contribution in [0.25, 0.3) is 0 Å². The quantitative estimate of drug-likeness (QED) is 0.488. The third-order valence-corrected chi connectivity index (χ3v) is 4.18. The van der Waals surface area contributed by atoms with Crippen LogP contribution in [0.4, 0.5) is 10.1 Å². The third-order valence-electron chi connectivity index (χ3n) is 3.89. The van der Waals surface area contributed by atoms with Crippen LogP contribution < -0.4 is 5.48 Å². The Balaban J connectivity index is 1.78. The normalized spacial score (nSPS) is 15.9. The molecule has 3 rings (SSSR count). The maximum absolute atomic E-state index is 13.2. The van der Waals surface area contributed by atoms with Gasteiger partial charge in [-0.1, -0.05) is 16.8 Å². The van der Waals surface area contributed by atoms with Gasteiger partial charge in [0.05, 0.1) is 10.7 Å². The van der Waals surface area contributed by atoms with Gasteiger partial charge in [-0.25, -0.2) is 14.0 Å². The summed E-state index contributed by atoms with van der Waals surface area (Å²) in [6.07, 6.45) is 3.05. The molecule has 0 aliphatic carbocycles. The number of hydrogen-bond donors (Lipinski definition) is 2. The van der Waals surface area contributed by atoms with Crippen LogP contribution in [0.2, 0.25) is 5.02 Å². The Morgan fingerprint density at radius 1 is 1.38 bits per heavy atom. The van der Waals surface area contributed by atoms with E-state index in [1.807, 2.05) is 5.48 Å². The molecular weight excluding hydrogens is 337 g/mol. The van der Waals surface area contributed by atoms with Gasteiger partial charge in [0, 0.05) is 13.0 Å². The van der Waals surface area contributed by atoms with Crippen molar-refractivity contribution in [2.45, 2.75) is 19.3 Å². The molecule has 7 nitrogen and oxygen atoms in total. The van der Waals surface area contributed by atoms with E-state index in [4.69, 9.17) is 16.2 Å². The average molecular weight is 354 g/mol. The molecule has 0 amide bonds. The molecular formula is C15H17ClFN5O2. The van der Waals surface area contributed by atoms with Crippen molar-refractivity contribution in [2.75, 3.05) is 19.6 Å². The number of amidine groups is 1. The van der Waals surface area contributed by atoms with E-state index in [2.05, 4.69) is 20.2 Å². The van der Waals surface area contributed by atoms with Crippen molar-refractivity contribution in [3.8, 4) is 0 Å². The second-order valence-corrected chi connectivity index (χ2v) is 5.94. The molecule has 1 saturated heterocycles. The van der Waals surface area contributed by atoms with E-state index in [-0.39, 0.29) is 10.9 Å². The first kappa shape index (κ1) is 16.8. The van der Waals surface area contributed by atoms with Gasteiger partial charge in [-0.05, 0) is 49.3 Å². The highest BCUT2D eigenvalue weighted by atomic mass is 35.5. The van der Waals surface area contributed by atoms with Crippen LogP contribution in [-0.4, -0.2) is 45.9 Å². The van der Waals surface area contributed by atoms with Crippen molar-refractivity contribution in [3.05, 3.63) is 40.4 Å². The molecule has 0 atom stereocenters. The molecule has 0 spiro atoms. The summed E-state index contributed by atoms with van der Waals surface area (Å²) < 4.78 is 18.0. The Kier molecular flexibility index (Phi) is 5.39. The Labute approximate surface area is 143 Å². The van der Waals surface area contributed by atoms with Crippen LogP contribution in [0.5, 0.6) is 0 Å². The molecule has 2 heterocycles. The summed E-state index contributed by atoms with van der Waals surface area (Å²) >= 11 is 5.74. The molecule has 0 bridgehead atoms. The molecule has 0 saturated carbocycles. The molecule has 24 heavy (non-hydrogen) atoms. The Bertz CT molecular complexity index is 730. The fourth-order valence-electron chi connectivity index (χ4n) is 2.64. The van der Waals surface area contributed by atoms with Crippen LogP contribution in [-0.2, 0) is 6.42 Å². The highest BCUT2D eigenvalue weighted by Gasteiger charge is 2.19. The van der Waals surface area contributed by atoms with Crippen molar-refractivity contribution in [2.24, 2.45) is 4.99 Å². The Hall–Kier alpha value is -2.03. The highest BCUT2D eigenvalue weighted by Crippen LogP contribution is 2.22. The molecule has 1 aliphatic heterocycles. The monoisotopic (exact) mass is 353 g/mol. The van der Waals surface area contributed by atoms with Gasteiger partial charge in [0.25, 0.3) is 0 Å². The number of benzene rings is 1. The Morgan fingerprint density at radius 3 is 2.88 bits per heavy atom. The Morgan fingerprint density at radius 2 is 2.17 bits per heavy atom. The summed E-state index contributed by atoms with van der Waals surface area (Å²) in [5.74, 6) is -0.473. The van der Waals surface area contributed by atoms with Gasteiger partial charge < -0.3 is 4.90 Å². The zero-order chi connectivity index (χ0) is 16.9. The number of aliphatic imine (C=N–C) groups is 1. The minimum absolute atomic E-state index is 0.0546. The summed E-state index contributed by atoms with van der Waals surface area (Å²) in [5.41, 5.74) is 3.27. The summed E-state index contributed by atoms with van der Waals surface area (Å²) in [7, 11) is 0. The lowest BCUT2D eigenvalue weighted by Gasteiger charge is -2.13. The van der Waals surface area contributed by atoms with Crippen molar-refractivity contribution in [1.82, 2.24) is 20.7 Å². The lowest BCUT2D eigenvalue weighted by atomic mass is 10.2. The third kappa shape index (κ3) is 3.89. The maximum atomic E-state index is 13.2. The lowest BCUT2D eigenvalue weighted by Crippen LogP contribution is -2.25. The molecule has 1 fully saturated rings. The van der Waals surface area contributed by atoms with Crippen molar-refractivity contribution in [3.63, 3.8) is 0 Å². The zero-order valence-electron chi connectivity index (χ0n) is 12.9. The van der Waals surface area contributed by atoms with E-state index in [0.717, 1.165) is 19.6 Å². The van der Waals surface area contributed by atoms with Crippen LogP contribution in [0.15, 0.2) is 27.8 Å². The predicted molar refractivity (Wildman–Crippen MR) is 86.2 cm³/mol. The minimum atomic E-state index is -0.538. The smallest absolute Gasteiger partial charge is 0.181 e. The molecule has 0 radical (unpaired) electrons. The molecule has 128 valence electrons. The van der Waals surface area contributed by atoms with E-state index in [9.17, 15) is 9.60 Å². The largest absolute Gasteiger partial charge is 0.303 e. The van der Waals surface area contributed by atoms with E-state index in [1.54, 1.807) is 0 Å². The van der Waals surface area contributed by atoms with E-state index in [0.29, 0.717) is 23.5 Å². The number of nitrogens with one attached hydrogen (secondary N) is 1. The number of nitrogens with zero attached hydrogens (tertiary/aromatic N) is 4. The van der Waals surface area contributed by atoms with E-state index >= 15 is 0 Å². The molecule has 1 aliphatic rings. The van der Waals surface area contributed by atoms with Gasteiger partial charge >= 0.3 is 0 Å². The molecule has 1 aromatic carbocycles. The number of aromatic nitrogens is 2. The first-order chi connectivity index (χ1) is 11.7. The van der Waals surface area contributed by atoms with Crippen molar-refractivity contribution in [1.29, 1.82) is 0 Å². The van der Waals surface area contributed by atoms with Crippen LogP contribution >= 0.6 is 11.6 Å². The van der Waals surface area contributed by atoms with Gasteiger partial charge in [-0.2, -0.15) is 0 Å². The maximum Gasteiger partial charge on any atom is 0.181 e.